The second kappa shape index (κ2) is 4.16. The molecule has 1 amide bonds. The number of carbonyl (C=O) groups excluding carboxylic acids is 1. The molecule has 1 aliphatic rings. The summed E-state index contributed by atoms with van der Waals surface area (Å²) in [5.74, 6) is 0.172. The first kappa shape index (κ1) is 8.31. The van der Waals surface area contributed by atoms with Gasteiger partial charge < -0.3 is 5.32 Å². The fourth-order valence-electron chi connectivity index (χ4n) is 1.25. The molecule has 1 atom stereocenters. The van der Waals surface area contributed by atoms with Crippen molar-refractivity contribution < 1.29 is 4.79 Å². The Morgan fingerprint density at radius 1 is 1.64 bits per heavy atom. The predicted octanol–water partition coefficient (Wildman–Crippen LogP) is 1.62. The smallest absolute Gasteiger partial charge is 0.219 e. The molecule has 0 aromatic heterocycles. The topological polar surface area (TPSA) is 29.1 Å². The fourth-order valence-corrected chi connectivity index (χ4v) is 1.25. The molecule has 1 rings (SSSR count). The van der Waals surface area contributed by atoms with Crippen LogP contribution in [0.4, 0.5) is 0 Å². The first-order valence-electron chi connectivity index (χ1n) is 4.27. The summed E-state index contributed by atoms with van der Waals surface area (Å²) >= 11 is 0. The van der Waals surface area contributed by atoms with E-state index in [0.29, 0.717) is 12.5 Å². The third-order valence-corrected chi connectivity index (χ3v) is 1.96. The van der Waals surface area contributed by atoms with Crippen molar-refractivity contribution in [3.63, 3.8) is 0 Å². The van der Waals surface area contributed by atoms with Gasteiger partial charge >= 0.3 is 0 Å². The summed E-state index contributed by atoms with van der Waals surface area (Å²) in [5, 5.41) is 2.98. The standard InChI is InChI=1S/C9H15NO/c1-2-9(11)10-8-6-4-3-5-7-8/h3-4,8H,2,5-7H2,1H3,(H,10,11). The van der Waals surface area contributed by atoms with E-state index in [1.54, 1.807) is 0 Å². The Kier molecular flexibility index (Phi) is 3.14. The summed E-state index contributed by atoms with van der Waals surface area (Å²) < 4.78 is 0. The molecule has 0 spiro atoms. The lowest BCUT2D eigenvalue weighted by atomic mass is 10.0. The second-order valence-electron chi connectivity index (χ2n) is 2.90. The van der Waals surface area contributed by atoms with Gasteiger partial charge in [0.1, 0.15) is 0 Å². The Hall–Kier alpha value is -0.790. The molecule has 0 aromatic carbocycles. The van der Waals surface area contributed by atoms with E-state index in [1.807, 2.05) is 6.92 Å². The van der Waals surface area contributed by atoms with Crippen LogP contribution in [0.2, 0.25) is 0 Å². The van der Waals surface area contributed by atoms with Crippen LogP contribution in [0, 0.1) is 0 Å². The van der Waals surface area contributed by atoms with Crippen molar-refractivity contribution in [1.29, 1.82) is 0 Å². The molecular weight excluding hydrogens is 138 g/mol. The van der Waals surface area contributed by atoms with Crippen molar-refractivity contribution in [3.8, 4) is 0 Å². The van der Waals surface area contributed by atoms with E-state index in [0.717, 1.165) is 19.3 Å². The molecular formula is C9H15NO. The van der Waals surface area contributed by atoms with Crippen LogP contribution in [0.5, 0.6) is 0 Å². The van der Waals surface area contributed by atoms with E-state index in [1.165, 1.54) is 0 Å². The molecule has 0 aromatic rings. The largest absolute Gasteiger partial charge is 0.353 e. The van der Waals surface area contributed by atoms with Crippen LogP contribution in [0.25, 0.3) is 0 Å². The Labute approximate surface area is 67.7 Å². The zero-order valence-electron chi connectivity index (χ0n) is 6.97. The minimum Gasteiger partial charge on any atom is -0.353 e. The Bertz CT molecular complexity index is 163. The molecule has 0 heterocycles. The number of rotatable bonds is 2. The molecule has 0 bridgehead atoms. The van der Waals surface area contributed by atoms with Gasteiger partial charge in [-0.05, 0) is 19.3 Å². The van der Waals surface area contributed by atoms with E-state index in [9.17, 15) is 4.79 Å². The molecule has 0 fully saturated rings. The first-order chi connectivity index (χ1) is 5.33. The van der Waals surface area contributed by atoms with Crippen LogP contribution in [0.3, 0.4) is 0 Å². The average Bonchev–Trinajstić information content (AvgIpc) is 2.06. The molecule has 0 aliphatic heterocycles. The summed E-state index contributed by atoms with van der Waals surface area (Å²) in [6, 6.07) is 0.396. The van der Waals surface area contributed by atoms with Crippen molar-refractivity contribution in [1.82, 2.24) is 5.32 Å². The SMILES string of the molecule is CCC(=O)NC1CC=CCC1. The molecule has 1 aliphatic carbocycles. The van der Waals surface area contributed by atoms with Gasteiger partial charge in [0.05, 0.1) is 0 Å². The summed E-state index contributed by atoms with van der Waals surface area (Å²) in [6.45, 7) is 1.88. The summed E-state index contributed by atoms with van der Waals surface area (Å²) in [4.78, 5) is 10.9. The number of allylic oxidation sites excluding steroid dienone is 1. The highest BCUT2D eigenvalue weighted by atomic mass is 16.1. The molecule has 1 unspecified atom stereocenters. The highest BCUT2D eigenvalue weighted by molar-refractivity contribution is 5.75. The maximum absolute atomic E-state index is 10.9. The van der Waals surface area contributed by atoms with E-state index in [-0.39, 0.29) is 5.91 Å². The summed E-state index contributed by atoms with van der Waals surface area (Å²) in [7, 11) is 0. The highest BCUT2D eigenvalue weighted by Crippen LogP contribution is 2.10. The number of nitrogens with one attached hydrogen (secondary N) is 1. The van der Waals surface area contributed by atoms with Crippen molar-refractivity contribution in [2.24, 2.45) is 0 Å². The van der Waals surface area contributed by atoms with E-state index >= 15 is 0 Å². The van der Waals surface area contributed by atoms with Gasteiger partial charge in [0.2, 0.25) is 5.91 Å². The molecule has 0 saturated carbocycles. The number of carbonyl (C=O) groups is 1. The lowest BCUT2D eigenvalue weighted by molar-refractivity contribution is -0.121. The number of amides is 1. The second-order valence-corrected chi connectivity index (χ2v) is 2.90. The van der Waals surface area contributed by atoms with E-state index in [4.69, 9.17) is 0 Å². The van der Waals surface area contributed by atoms with Gasteiger partial charge in [0.15, 0.2) is 0 Å². The fraction of sp³-hybridized carbons (Fsp3) is 0.667. The zero-order chi connectivity index (χ0) is 8.10. The van der Waals surface area contributed by atoms with Gasteiger partial charge in [-0.1, -0.05) is 19.1 Å². The van der Waals surface area contributed by atoms with Crippen LogP contribution in [-0.4, -0.2) is 11.9 Å². The van der Waals surface area contributed by atoms with Crippen LogP contribution < -0.4 is 5.32 Å². The normalized spacial score (nSPS) is 23.2. The molecule has 1 N–H and O–H groups in total. The van der Waals surface area contributed by atoms with E-state index in [2.05, 4.69) is 17.5 Å². The highest BCUT2D eigenvalue weighted by Gasteiger charge is 2.10. The summed E-state index contributed by atoms with van der Waals surface area (Å²) in [5.41, 5.74) is 0. The van der Waals surface area contributed by atoms with E-state index < -0.39 is 0 Å². The molecule has 2 nitrogen and oxygen atoms in total. The molecule has 0 radical (unpaired) electrons. The molecule has 2 heteroatoms. The summed E-state index contributed by atoms with van der Waals surface area (Å²) in [6.07, 6.45) is 8.13. The van der Waals surface area contributed by atoms with Gasteiger partial charge in [-0.3, -0.25) is 4.79 Å². The maximum Gasteiger partial charge on any atom is 0.219 e. The minimum absolute atomic E-state index is 0.172. The third-order valence-electron chi connectivity index (χ3n) is 1.96. The molecule has 0 saturated heterocycles. The predicted molar refractivity (Wildman–Crippen MR) is 45.2 cm³/mol. The Morgan fingerprint density at radius 3 is 3.00 bits per heavy atom. The lowest BCUT2D eigenvalue weighted by Crippen LogP contribution is -2.34. The van der Waals surface area contributed by atoms with Gasteiger partial charge in [-0.25, -0.2) is 0 Å². The maximum atomic E-state index is 10.9. The van der Waals surface area contributed by atoms with Gasteiger partial charge in [0, 0.05) is 12.5 Å². The third kappa shape index (κ3) is 2.74. The molecule has 11 heavy (non-hydrogen) atoms. The number of hydrogen-bond acceptors (Lipinski definition) is 1. The van der Waals surface area contributed by atoms with Crippen LogP contribution in [0.15, 0.2) is 12.2 Å². The van der Waals surface area contributed by atoms with Crippen LogP contribution in [-0.2, 0) is 4.79 Å². The average molecular weight is 153 g/mol. The minimum atomic E-state index is 0.172. The Morgan fingerprint density at radius 2 is 2.45 bits per heavy atom. The lowest BCUT2D eigenvalue weighted by Gasteiger charge is -2.18. The van der Waals surface area contributed by atoms with Crippen LogP contribution in [0.1, 0.15) is 32.6 Å². The van der Waals surface area contributed by atoms with Crippen molar-refractivity contribution in [2.45, 2.75) is 38.6 Å². The van der Waals surface area contributed by atoms with Gasteiger partial charge in [-0.15, -0.1) is 0 Å². The zero-order valence-corrected chi connectivity index (χ0v) is 6.97. The van der Waals surface area contributed by atoms with Gasteiger partial charge in [-0.2, -0.15) is 0 Å². The van der Waals surface area contributed by atoms with Gasteiger partial charge in [0.25, 0.3) is 0 Å². The van der Waals surface area contributed by atoms with Crippen molar-refractivity contribution in [3.05, 3.63) is 12.2 Å². The van der Waals surface area contributed by atoms with Crippen molar-refractivity contribution >= 4 is 5.91 Å². The van der Waals surface area contributed by atoms with Crippen LogP contribution >= 0.6 is 0 Å². The monoisotopic (exact) mass is 153 g/mol. The number of hydrogen-bond donors (Lipinski definition) is 1. The van der Waals surface area contributed by atoms with Crippen molar-refractivity contribution in [2.75, 3.05) is 0 Å². The molecule has 62 valence electrons. The first-order valence-corrected chi connectivity index (χ1v) is 4.27. The quantitative estimate of drug-likeness (QED) is 0.600. The Balaban J connectivity index is 2.26.